The lowest BCUT2D eigenvalue weighted by Gasteiger charge is -2.01. The maximum Gasteiger partial charge on any atom is 0.151 e. The molecule has 0 unspecified atom stereocenters. The van der Waals surface area contributed by atoms with E-state index < -0.39 is 0 Å². The van der Waals surface area contributed by atoms with Crippen LogP contribution in [0.2, 0.25) is 0 Å². The Morgan fingerprint density at radius 3 is 2.73 bits per heavy atom. The Morgan fingerprint density at radius 1 is 1.53 bits per heavy atom. The van der Waals surface area contributed by atoms with Gasteiger partial charge in [-0.25, -0.2) is 15.0 Å². The summed E-state index contributed by atoms with van der Waals surface area (Å²) in [6.45, 7) is 7.46. The van der Waals surface area contributed by atoms with Crippen LogP contribution in [0.5, 0.6) is 0 Å². The van der Waals surface area contributed by atoms with E-state index in [0.717, 1.165) is 0 Å². The third kappa shape index (κ3) is 2.31. The van der Waals surface area contributed by atoms with Crippen LogP contribution in [0.4, 0.5) is 5.82 Å². The highest BCUT2D eigenvalue weighted by Crippen LogP contribution is 1.98. The second-order valence-electron chi connectivity index (χ2n) is 2.98. The summed E-state index contributed by atoms with van der Waals surface area (Å²) >= 11 is 0. The molecule has 0 radical (unpaired) electrons. The van der Waals surface area contributed by atoms with Gasteiger partial charge in [0.05, 0.1) is 11.0 Å². The van der Waals surface area contributed by atoms with E-state index in [1.54, 1.807) is 13.1 Å². The van der Waals surface area contributed by atoms with E-state index in [4.69, 9.17) is 11.5 Å². The molecule has 5 nitrogen and oxygen atoms in total. The first-order valence-electron chi connectivity index (χ1n) is 4.70. The molecule has 0 aliphatic rings. The molecular weight excluding hydrogens is 190 g/mol. The van der Waals surface area contributed by atoms with Crippen LogP contribution in [0.3, 0.4) is 0 Å². The van der Waals surface area contributed by atoms with Gasteiger partial charge in [0.1, 0.15) is 11.2 Å². The molecule has 0 amide bonds. The molecule has 15 heavy (non-hydrogen) atoms. The van der Waals surface area contributed by atoms with Crippen LogP contribution in [0.15, 0.2) is 4.99 Å². The van der Waals surface area contributed by atoms with Gasteiger partial charge in [-0.1, -0.05) is 13.5 Å². The number of aliphatic imine (C=N–C) groups is 1. The van der Waals surface area contributed by atoms with Gasteiger partial charge in [-0.2, -0.15) is 0 Å². The number of hydrogen-bond acceptors (Lipinski definition) is 5. The summed E-state index contributed by atoms with van der Waals surface area (Å²) in [5.74, 6) is 0.712. The third-order valence-electron chi connectivity index (χ3n) is 1.92. The van der Waals surface area contributed by atoms with Crippen LogP contribution < -0.4 is 22.2 Å². The molecule has 0 aromatic carbocycles. The summed E-state index contributed by atoms with van der Waals surface area (Å²) in [4.78, 5) is 12.3. The van der Waals surface area contributed by atoms with E-state index in [1.807, 2.05) is 6.92 Å². The first-order valence-corrected chi connectivity index (χ1v) is 4.70. The van der Waals surface area contributed by atoms with Gasteiger partial charge in [-0.05, 0) is 13.3 Å². The molecule has 0 fully saturated rings. The summed E-state index contributed by atoms with van der Waals surface area (Å²) in [5.41, 5.74) is 12.1. The van der Waals surface area contributed by atoms with Crippen molar-refractivity contribution in [3.8, 4) is 0 Å². The zero-order valence-electron chi connectivity index (χ0n) is 8.99. The predicted octanol–water partition coefficient (Wildman–Crippen LogP) is -0.853. The van der Waals surface area contributed by atoms with Gasteiger partial charge in [0, 0.05) is 6.21 Å². The van der Waals surface area contributed by atoms with Gasteiger partial charge in [-0.15, -0.1) is 0 Å². The van der Waals surface area contributed by atoms with Gasteiger partial charge in [-0.3, -0.25) is 0 Å². The number of aromatic nitrogens is 2. The van der Waals surface area contributed by atoms with Gasteiger partial charge in [0.25, 0.3) is 0 Å². The lowest BCUT2D eigenvalue weighted by Crippen LogP contribution is -2.36. The smallest absolute Gasteiger partial charge is 0.151 e. The van der Waals surface area contributed by atoms with E-state index in [0.29, 0.717) is 34.5 Å². The highest BCUT2D eigenvalue weighted by molar-refractivity contribution is 5.61. The standard InChI is InChI=1S/C10H15N5/c1-4-7-9(11)14-6(3)8(15-7)10(12)13-5-2/h5H,3-4,12H2,1-2H3,(H2,11,14)/b10-8+,13-5-. The largest absolute Gasteiger partial charge is 0.382 e. The van der Waals surface area contributed by atoms with E-state index in [2.05, 4.69) is 21.5 Å². The zero-order valence-corrected chi connectivity index (χ0v) is 8.99. The molecule has 0 aliphatic carbocycles. The van der Waals surface area contributed by atoms with Crippen molar-refractivity contribution in [3.05, 3.63) is 16.4 Å². The number of nitrogen functional groups attached to an aromatic ring is 1. The van der Waals surface area contributed by atoms with Crippen LogP contribution in [-0.2, 0) is 6.42 Å². The number of aryl methyl sites for hydroxylation is 1. The Bertz CT molecular complexity index is 489. The van der Waals surface area contributed by atoms with Crippen molar-refractivity contribution < 1.29 is 0 Å². The quantitative estimate of drug-likeness (QED) is 0.615. The SMILES string of the molecule is C=c1nc(N)c(CC)n/c1=C(N)/N=C\C. The van der Waals surface area contributed by atoms with E-state index in [-0.39, 0.29) is 0 Å². The highest BCUT2D eigenvalue weighted by Gasteiger charge is 2.01. The molecule has 1 aromatic heterocycles. The van der Waals surface area contributed by atoms with Gasteiger partial charge in [0.15, 0.2) is 5.82 Å². The van der Waals surface area contributed by atoms with Gasteiger partial charge >= 0.3 is 0 Å². The lowest BCUT2D eigenvalue weighted by atomic mass is 10.3. The first-order chi connectivity index (χ1) is 7.10. The molecule has 5 heteroatoms. The number of anilines is 1. The fourth-order valence-electron chi connectivity index (χ4n) is 1.19. The number of hydrogen-bond donors (Lipinski definition) is 2. The van der Waals surface area contributed by atoms with Crippen LogP contribution >= 0.6 is 0 Å². The fraction of sp³-hybridized carbons (Fsp3) is 0.300. The van der Waals surface area contributed by atoms with E-state index in [1.165, 1.54) is 0 Å². The van der Waals surface area contributed by atoms with Crippen LogP contribution in [0, 0.1) is 0 Å². The van der Waals surface area contributed by atoms with E-state index in [9.17, 15) is 0 Å². The van der Waals surface area contributed by atoms with Crippen LogP contribution in [0.25, 0.3) is 12.4 Å². The Hall–Kier alpha value is -1.91. The summed E-state index contributed by atoms with van der Waals surface area (Å²) in [5, 5.41) is 0.951. The average molecular weight is 205 g/mol. The second-order valence-corrected chi connectivity index (χ2v) is 2.98. The average Bonchev–Trinajstić information content (AvgIpc) is 2.18. The molecule has 1 heterocycles. The van der Waals surface area contributed by atoms with Gasteiger partial charge in [0.2, 0.25) is 0 Å². The Balaban J connectivity index is 3.57. The maximum absolute atomic E-state index is 5.72. The topological polar surface area (TPSA) is 90.2 Å². The lowest BCUT2D eigenvalue weighted by molar-refractivity contribution is 0.961. The van der Waals surface area contributed by atoms with Crippen molar-refractivity contribution in [2.75, 3.05) is 5.73 Å². The zero-order chi connectivity index (χ0) is 11.4. The van der Waals surface area contributed by atoms with Crippen molar-refractivity contribution in [1.29, 1.82) is 0 Å². The summed E-state index contributed by atoms with van der Waals surface area (Å²) in [6, 6.07) is 0. The first kappa shape index (κ1) is 11.2. The van der Waals surface area contributed by atoms with Crippen molar-refractivity contribution >= 4 is 24.4 Å². The van der Waals surface area contributed by atoms with Crippen molar-refractivity contribution in [2.24, 2.45) is 10.7 Å². The number of nitrogens with two attached hydrogens (primary N) is 2. The Kier molecular flexibility index (Phi) is 3.38. The molecule has 1 rings (SSSR count). The number of nitrogens with zero attached hydrogens (tertiary/aromatic N) is 3. The molecule has 0 aliphatic heterocycles. The summed E-state index contributed by atoms with van der Waals surface area (Å²) in [7, 11) is 0. The predicted molar refractivity (Wildman–Crippen MR) is 62.4 cm³/mol. The minimum absolute atomic E-state index is 0.310. The molecule has 0 atom stereocenters. The molecular formula is C10H15N5. The molecule has 0 spiro atoms. The normalized spacial score (nSPS) is 13.2. The van der Waals surface area contributed by atoms with E-state index >= 15 is 0 Å². The monoisotopic (exact) mass is 205 g/mol. The van der Waals surface area contributed by atoms with Crippen molar-refractivity contribution in [1.82, 2.24) is 9.97 Å². The van der Waals surface area contributed by atoms with Crippen LogP contribution in [0.1, 0.15) is 19.5 Å². The fourth-order valence-corrected chi connectivity index (χ4v) is 1.19. The minimum Gasteiger partial charge on any atom is -0.382 e. The molecule has 1 aromatic rings. The molecule has 4 N–H and O–H groups in total. The summed E-state index contributed by atoms with van der Waals surface area (Å²) in [6.07, 6.45) is 2.30. The van der Waals surface area contributed by atoms with Crippen molar-refractivity contribution in [2.45, 2.75) is 20.3 Å². The Labute approximate surface area is 88.3 Å². The number of rotatable bonds is 2. The minimum atomic E-state index is 0.310. The molecule has 0 saturated heterocycles. The second kappa shape index (κ2) is 4.54. The third-order valence-corrected chi connectivity index (χ3v) is 1.92. The van der Waals surface area contributed by atoms with Gasteiger partial charge < -0.3 is 11.5 Å². The van der Waals surface area contributed by atoms with Crippen LogP contribution in [-0.4, -0.2) is 16.2 Å². The highest BCUT2D eigenvalue weighted by atomic mass is 15.0. The molecule has 0 bridgehead atoms. The molecule has 80 valence electrons. The van der Waals surface area contributed by atoms with Crippen molar-refractivity contribution in [3.63, 3.8) is 0 Å². The molecule has 0 saturated carbocycles. The maximum atomic E-state index is 5.72. The Morgan fingerprint density at radius 2 is 2.20 bits per heavy atom. The summed E-state index contributed by atoms with van der Waals surface area (Å²) < 4.78 is 0.